The largest absolute Gasteiger partial charge is 0.337 e. The first-order valence-electron chi connectivity index (χ1n) is 8.66. The molecule has 0 aromatic carbocycles. The standard InChI is InChI=1S/C18H20N6O2/c1-12-14(24-9-4-6-20-18(24)21-12)17(26)23-8-3-5-13(11-23)15(25)16-19-7-10-22(16)2/h4,6-7,9-10,13H,3,5,8,11H2,1-2H3. The van der Waals surface area contributed by atoms with E-state index in [0.29, 0.717) is 36.1 Å². The van der Waals surface area contributed by atoms with E-state index in [9.17, 15) is 9.59 Å². The van der Waals surface area contributed by atoms with Gasteiger partial charge >= 0.3 is 0 Å². The molecule has 1 aliphatic rings. The second-order valence-corrected chi connectivity index (χ2v) is 6.65. The molecule has 1 aliphatic heterocycles. The molecule has 0 spiro atoms. The van der Waals surface area contributed by atoms with Crippen LogP contribution in [0.3, 0.4) is 0 Å². The fourth-order valence-electron chi connectivity index (χ4n) is 3.57. The maximum absolute atomic E-state index is 13.1. The van der Waals surface area contributed by atoms with Crippen LogP contribution in [0, 0.1) is 12.8 Å². The average Bonchev–Trinajstić information content (AvgIpc) is 3.22. The Hall–Kier alpha value is -3.03. The molecule has 4 heterocycles. The highest BCUT2D eigenvalue weighted by atomic mass is 16.2. The zero-order valence-electron chi connectivity index (χ0n) is 14.8. The van der Waals surface area contributed by atoms with Crippen molar-refractivity contribution < 1.29 is 9.59 Å². The SMILES string of the molecule is Cc1nc2ncccn2c1C(=O)N1CCCC(C(=O)c2nccn2C)C1. The van der Waals surface area contributed by atoms with Crippen molar-refractivity contribution in [3.63, 3.8) is 0 Å². The lowest BCUT2D eigenvalue weighted by Gasteiger charge is -2.31. The molecule has 0 saturated carbocycles. The van der Waals surface area contributed by atoms with Crippen molar-refractivity contribution in [1.82, 2.24) is 28.8 Å². The molecule has 1 amide bonds. The molecule has 3 aromatic heterocycles. The third-order valence-electron chi connectivity index (χ3n) is 4.90. The van der Waals surface area contributed by atoms with Gasteiger partial charge in [-0.3, -0.25) is 14.0 Å². The first-order valence-corrected chi connectivity index (χ1v) is 8.66. The topological polar surface area (TPSA) is 85.4 Å². The first-order chi connectivity index (χ1) is 12.6. The van der Waals surface area contributed by atoms with Crippen LogP contribution in [0.4, 0.5) is 0 Å². The molecule has 3 aromatic rings. The van der Waals surface area contributed by atoms with Crippen molar-refractivity contribution in [1.29, 1.82) is 0 Å². The summed E-state index contributed by atoms with van der Waals surface area (Å²) in [5.41, 5.74) is 1.16. The second-order valence-electron chi connectivity index (χ2n) is 6.65. The number of carbonyl (C=O) groups excluding carboxylic acids is 2. The molecule has 0 bridgehead atoms. The van der Waals surface area contributed by atoms with Gasteiger partial charge in [-0.25, -0.2) is 15.0 Å². The summed E-state index contributed by atoms with van der Waals surface area (Å²) < 4.78 is 3.44. The molecule has 4 rings (SSSR count). The summed E-state index contributed by atoms with van der Waals surface area (Å²) in [5, 5.41) is 0. The van der Waals surface area contributed by atoms with Gasteiger partial charge in [0.15, 0.2) is 5.82 Å². The Kier molecular flexibility index (Phi) is 4.02. The van der Waals surface area contributed by atoms with Gasteiger partial charge in [0.25, 0.3) is 5.91 Å². The van der Waals surface area contributed by atoms with Crippen LogP contribution in [-0.4, -0.2) is 53.6 Å². The normalized spacial score (nSPS) is 17.6. The summed E-state index contributed by atoms with van der Waals surface area (Å²) >= 11 is 0. The van der Waals surface area contributed by atoms with E-state index in [1.807, 2.05) is 6.92 Å². The Labute approximate surface area is 150 Å². The lowest BCUT2D eigenvalue weighted by atomic mass is 9.93. The van der Waals surface area contributed by atoms with E-state index in [0.717, 1.165) is 12.8 Å². The van der Waals surface area contributed by atoms with Crippen LogP contribution in [0.2, 0.25) is 0 Å². The summed E-state index contributed by atoms with van der Waals surface area (Å²) in [5.74, 6) is 0.601. The van der Waals surface area contributed by atoms with Gasteiger partial charge in [-0.1, -0.05) is 0 Å². The van der Waals surface area contributed by atoms with Gasteiger partial charge < -0.3 is 9.47 Å². The Morgan fingerprint density at radius 3 is 2.81 bits per heavy atom. The quantitative estimate of drug-likeness (QED) is 0.667. The Morgan fingerprint density at radius 2 is 2.04 bits per heavy atom. The lowest BCUT2D eigenvalue weighted by Crippen LogP contribution is -2.43. The minimum absolute atomic E-state index is 0.00784. The molecule has 1 unspecified atom stereocenters. The van der Waals surface area contributed by atoms with E-state index in [2.05, 4.69) is 15.0 Å². The zero-order valence-corrected chi connectivity index (χ0v) is 14.8. The van der Waals surface area contributed by atoms with Gasteiger partial charge in [-0.2, -0.15) is 0 Å². The zero-order chi connectivity index (χ0) is 18.3. The molecule has 0 N–H and O–H groups in total. The van der Waals surface area contributed by atoms with E-state index in [-0.39, 0.29) is 17.6 Å². The maximum Gasteiger partial charge on any atom is 0.272 e. The number of carbonyl (C=O) groups is 2. The number of nitrogens with zero attached hydrogens (tertiary/aromatic N) is 6. The molecule has 1 fully saturated rings. The summed E-state index contributed by atoms with van der Waals surface area (Å²) in [6, 6.07) is 1.77. The van der Waals surface area contributed by atoms with Crippen LogP contribution in [0.15, 0.2) is 30.9 Å². The monoisotopic (exact) mass is 352 g/mol. The predicted octanol–water partition coefficient (Wildman–Crippen LogP) is 1.51. The van der Waals surface area contributed by atoms with Crippen molar-refractivity contribution in [3.8, 4) is 0 Å². The van der Waals surface area contributed by atoms with Crippen molar-refractivity contribution in [3.05, 3.63) is 48.1 Å². The van der Waals surface area contributed by atoms with E-state index in [1.54, 1.807) is 51.8 Å². The summed E-state index contributed by atoms with van der Waals surface area (Å²) in [6.45, 7) is 2.84. The molecular weight excluding hydrogens is 332 g/mol. The fraction of sp³-hybridized carbons (Fsp3) is 0.389. The molecule has 1 saturated heterocycles. The minimum atomic E-state index is -0.230. The summed E-state index contributed by atoms with van der Waals surface area (Å²) in [4.78, 5) is 40.3. The van der Waals surface area contributed by atoms with Gasteiger partial charge in [0.1, 0.15) is 5.69 Å². The van der Waals surface area contributed by atoms with Gasteiger partial charge in [0.2, 0.25) is 11.6 Å². The van der Waals surface area contributed by atoms with Crippen LogP contribution >= 0.6 is 0 Å². The Bertz CT molecular complexity index is 989. The second kappa shape index (κ2) is 6.36. The number of amides is 1. The van der Waals surface area contributed by atoms with Crippen LogP contribution in [0.1, 0.15) is 39.6 Å². The number of aromatic nitrogens is 5. The van der Waals surface area contributed by atoms with Gasteiger partial charge in [-0.05, 0) is 25.8 Å². The van der Waals surface area contributed by atoms with Gasteiger partial charge in [0, 0.05) is 50.8 Å². The number of imidazole rings is 2. The number of piperidine rings is 1. The molecule has 134 valence electrons. The van der Waals surface area contributed by atoms with E-state index in [4.69, 9.17) is 0 Å². The summed E-state index contributed by atoms with van der Waals surface area (Å²) in [6.07, 6.45) is 8.37. The molecule has 0 radical (unpaired) electrons. The number of likely N-dealkylation sites (tertiary alicyclic amines) is 1. The average molecular weight is 352 g/mol. The van der Waals surface area contributed by atoms with Crippen LogP contribution in [0.5, 0.6) is 0 Å². The highest BCUT2D eigenvalue weighted by Crippen LogP contribution is 2.23. The number of ketones is 1. The highest BCUT2D eigenvalue weighted by molar-refractivity contribution is 5.97. The Morgan fingerprint density at radius 1 is 1.19 bits per heavy atom. The molecule has 26 heavy (non-hydrogen) atoms. The van der Waals surface area contributed by atoms with E-state index in [1.165, 1.54) is 0 Å². The molecule has 1 atom stereocenters. The summed E-state index contributed by atoms with van der Waals surface area (Å²) in [7, 11) is 1.81. The van der Waals surface area contributed by atoms with Gasteiger partial charge in [0.05, 0.1) is 5.69 Å². The minimum Gasteiger partial charge on any atom is -0.337 e. The van der Waals surface area contributed by atoms with Crippen molar-refractivity contribution in [2.75, 3.05) is 13.1 Å². The number of rotatable bonds is 3. The number of aryl methyl sites for hydroxylation is 2. The van der Waals surface area contributed by atoms with Gasteiger partial charge in [-0.15, -0.1) is 0 Å². The number of fused-ring (bicyclic) bond motifs is 1. The maximum atomic E-state index is 13.1. The molecule has 8 nitrogen and oxygen atoms in total. The highest BCUT2D eigenvalue weighted by Gasteiger charge is 2.32. The third kappa shape index (κ3) is 2.67. The Balaban J connectivity index is 1.59. The van der Waals surface area contributed by atoms with Crippen molar-refractivity contribution in [2.24, 2.45) is 13.0 Å². The van der Waals surface area contributed by atoms with Crippen LogP contribution in [0.25, 0.3) is 5.78 Å². The van der Waals surface area contributed by atoms with Crippen molar-refractivity contribution in [2.45, 2.75) is 19.8 Å². The molecule has 0 aliphatic carbocycles. The van der Waals surface area contributed by atoms with Crippen molar-refractivity contribution >= 4 is 17.5 Å². The first kappa shape index (κ1) is 16.4. The molecule has 8 heteroatoms. The number of hydrogen-bond donors (Lipinski definition) is 0. The van der Waals surface area contributed by atoms with E-state index >= 15 is 0 Å². The third-order valence-corrected chi connectivity index (χ3v) is 4.90. The van der Waals surface area contributed by atoms with E-state index < -0.39 is 0 Å². The number of hydrogen-bond acceptors (Lipinski definition) is 5. The smallest absolute Gasteiger partial charge is 0.272 e. The van der Waals surface area contributed by atoms with Crippen LogP contribution in [-0.2, 0) is 7.05 Å². The fourth-order valence-corrected chi connectivity index (χ4v) is 3.57. The predicted molar refractivity (Wildman–Crippen MR) is 93.9 cm³/mol. The number of Topliss-reactive ketones (excluding diaryl/α,β-unsaturated/α-hetero) is 1. The molecular formula is C18H20N6O2. The lowest BCUT2D eigenvalue weighted by molar-refractivity contribution is 0.0626. The van der Waals surface area contributed by atoms with Crippen LogP contribution < -0.4 is 0 Å².